The van der Waals surface area contributed by atoms with Crippen molar-refractivity contribution in [2.24, 2.45) is 0 Å². The summed E-state index contributed by atoms with van der Waals surface area (Å²) in [5, 5.41) is 9.00. The van der Waals surface area contributed by atoms with Gasteiger partial charge in [-0.1, -0.05) is 0 Å². The number of carbonyl (C=O) groups is 1. The van der Waals surface area contributed by atoms with Crippen LogP contribution in [0, 0.1) is 11.3 Å². The van der Waals surface area contributed by atoms with Crippen LogP contribution in [0.1, 0.15) is 26.7 Å². The predicted octanol–water partition coefficient (Wildman–Crippen LogP) is 1.54. The van der Waals surface area contributed by atoms with Gasteiger partial charge in [0.1, 0.15) is 0 Å². The van der Waals surface area contributed by atoms with Gasteiger partial charge < -0.3 is 14.4 Å². The minimum absolute atomic E-state index is 0.113. The zero-order valence-corrected chi connectivity index (χ0v) is 10.0. The van der Waals surface area contributed by atoms with Crippen LogP contribution in [0.2, 0.25) is 0 Å². The Morgan fingerprint density at radius 1 is 1.44 bits per heavy atom. The highest BCUT2D eigenvalue weighted by Gasteiger charge is 2.36. The molecule has 0 saturated carbocycles. The van der Waals surface area contributed by atoms with Gasteiger partial charge in [-0.3, -0.25) is 0 Å². The lowest BCUT2D eigenvalue weighted by Gasteiger charge is -2.35. The Kier molecular flexibility index (Phi) is 4.13. The molecule has 0 aromatic heterocycles. The summed E-state index contributed by atoms with van der Waals surface area (Å²) in [5.41, 5.74) is -0.728. The maximum absolute atomic E-state index is 11.6. The summed E-state index contributed by atoms with van der Waals surface area (Å²) in [6, 6.07) is 2.17. The van der Waals surface area contributed by atoms with Crippen molar-refractivity contribution in [2.75, 3.05) is 20.2 Å². The minimum Gasteiger partial charge on any atom is -0.447 e. The van der Waals surface area contributed by atoms with E-state index in [0.717, 1.165) is 0 Å². The van der Waals surface area contributed by atoms with E-state index in [-0.39, 0.29) is 12.2 Å². The molecule has 0 aromatic rings. The van der Waals surface area contributed by atoms with Crippen molar-refractivity contribution in [3.63, 3.8) is 0 Å². The first kappa shape index (κ1) is 12.8. The molecule has 90 valence electrons. The molecule has 0 unspecified atom stereocenters. The molecule has 0 bridgehead atoms. The zero-order valence-electron chi connectivity index (χ0n) is 10.0. The number of nitrogens with zero attached hydrogens (tertiary/aromatic N) is 2. The second kappa shape index (κ2) is 5.17. The molecule has 5 nitrogen and oxygen atoms in total. The Morgan fingerprint density at radius 3 is 2.38 bits per heavy atom. The third kappa shape index (κ3) is 2.86. The molecule has 1 saturated heterocycles. The number of piperidine rings is 1. The lowest BCUT2D eigenvalue weighted by atomic mass is 9.93. The third-order valence-electron chi connectivity index (χ3n) is 2.76. The molecule has 1 rings (SSSR count). The summed E-state index contributed by atoms with van der Waals surface area (Å²) in [4.78, 5) is 13.2. The number of rotatable bonds is 2. The van der Waals surface area contributed by atoms with Gasteiger partial charge in [0.05, 0.1) is 12.2 Å². The molecular formula is C11H18N2O3. The molecule has 5 heteroatoms. The van der Waals surface area contributed by atoms with E-state index >= 15 is 0 Å². The van der Waals surface area contributed by atoms with E-state index in [9.17, 15) is 4.79 Å². The topological polar surface area (TPSA) is 62.6 Å². The Hall–Kier alpha value is -1.28. The summed E-state index contributed by atoms with van der Waals surface area (Å²) >= 11 is 0. The Balaban J connectivity index is 2.49. The molecule has 1 fully saturated rings. The smallest absolute Gasteiger partial charge is 0.410 e. The summed E-state index contributed by atoms with van der Waals surface area (Å²) < 4.78 is 10.3. The van der Waals surface area contributed by atoms with Crippen LogP contribution in [-0.4, -0.2) is 42.9 Å². The second-order valence-electron chi connectivity index (χ2n) is 4.23. The van der Waals surface area contributed by atoms with E-state index in [2.05, 4.69) is 6.07 Å². The van der Waals surface area contributed by atoms with Crippen molar-refractivity contribution >= 4 is 6.09 Å². The van der Waals surface area contributed by atoms with Crippen LogP contribution in [0.3, 0.4) is 0 Å². The first-order chi connectivity index (χ1) is 7.53. The number of nitriles is 1. The van der Waals surface area contributed by atoms with Gasteiger partial charge in [0.2, 0.25) is 0 Å². The highest BCUT2D eigenvalue weighted by molar-refractivity contribution is 5.68. The Labute approximate surface area is 95.9 Å². The fraction of sp³-hybridized carbons (Fsp3) is 0.818. The van der Waals surface area contributed by atoms with Gasteiger partial charge in [-0.15, -0.1) is 0 Å². The Bertz CT molecular complexity index is 288. The van der Waals surface area contributed by atoms with Gasteiger partial charge in [0, 0.05) is 33.0 Å². The number of hydrogen-bond acceptors (Lipinski definition) is 4. The van der Waals surface area contributed by atoms with Crippen LogP contribution in [0.15, 0.2) is 0 Å². The van der Waals surface area contributed by atoms with E-state index in [4.69, 9.17) is 14.7 Å². The fourth-order valence-electron chi connectivity index (χ4n) is 1.69. The van der Waals surface area contributed by atoms with Gasteiger partial charge in [-0.25, -0.2) is 4.79 Å². The summed E-state index contributed by atoms with van der Waals surface area (Å²) in [6.07, 6.45) is 0.649. The van der Waals surface area contributed by atoms with Crippen LogP contribution in [-0.2, 0) is 9.47 Å². The van der Waals surface area contributed by atoms with Crippen molar-refractivity contribution in [1.82, 2.24) is 4.90 Å². The van der Waals surface area contributed by atoms with Gasteiger partial charge >= 0.3 is 6.09 Å². The number of ether oxygens (including phenoxy) is 2. The molecule has 16 heavy (non-hydrogen) atoms. The quantitative estimate of drug-likeness (QED) is 0.716. The first-order valence-electron chi connectivity index (χ1n) is 5.45. The van der Waals surface area contributed by atoms with Crippen LogP contribution in [0.4, 0.5) is 4.79 Å². The third-order valence-corrected chi connectivity index (χ3v) is 2.76. The summed E-state index contributed by atoms with van der Waals surface area (Å²) in [5.74, 6) is 0. The van der Waals surface area contributed by atoms with Gasteiger partial charge in [-0.05, 0) is 13.8 Å². The lowest BCUT2D eigenvalue weighted by Crippen LogP contribution is -2.47. The normalized spacial score (nSPS) is 19.3. The van der Waals surface area contributed by atoms with Crippen molar-refractivity contribution in [3.8, 4) is 6.07 Å². The molecule has 1 aliphatic rings. The van der Waals surface area contributed by atoms with Crippen molar-refractivity contribution in [3.05, 3.63) is 0 Å². The minimum atomic E-state index is -0.728. The van der Waals surface area contributed by atoms with Crippen LogP contribution in [0.25, 0.3) is 0 Å². The molecule has 0 atom stereocenters. The fourth-order valence-corrected chi connectivity index (χ4v) is 1.69. The predicted molar refractivity (Wildman–Crippen MR) is 57.8 cm³/mol. The van der Waals surface area contributed by atoms with Crippen molar-refractivity contribution in [1.29, 1.82) is 5.26 Å². The maximum Gasteiger partial charge on any atom is 0.410 e. The zero-order chi connectivity index (χ0) is 12.2. The highest BCUT2D eigenvalue weighted by atomic mass is 16.6. The Morgan fingerprint density at radius 2 is 2.00 bits per heavy atom. The number of carbonyl (C=O) groups excluding carboxylic acids is 1. The van der Waals surface area contributed by atoms with Crippen molar-refractivity contribution in [2.45, 2.75) is 38.4 Å². The monoisotopic (exact) mass is 226 g/mol. The lowest BCUT2D eigenvalue weighted by molar-refractivity contribution is -0.0166. The molecule has 1 aliphatic heterocycles. The molecular weight excluding hydrogens is 208 g/mol. The average Bonchev–Trinajstić information content (AvgIpc) is 2.28. The highest BCUT2D eigenvalue weighted by Crippen LogP contribution is 2.25. The van der Waals surface area contributed by atoms with E-state index in [0.29, 0.717) is 25.9 Å². The molecule has 0 aromatic carbocycles. The number of amides is 1. The summed E-state index contributed by atoms with van der Waals surface area (Å²) in [7, 11) is 1.53. The SMILES string of the molecule is COC1(C#N)CCN(C(=O)OC(C)C)CC1. The van der Waals surface area contributed by atoms with Gasteiger partial charge in [0.25, 0.3) is 0 Å². The molecule has 0 aliphatic carbocycles. The van der Waals surface area contributed by atoms with Crippen molar-refractivity contribution < 1.29 is 14.3 Å². The average molecular weight is 226 g/mol. The number of methoxy groups -OCH3 is 1. The van der Waals surface area contributed by atoms with E-state index in [1.807, 2.05) is 13.8 Å². The molecule has 1 heterocycles. The number of hydrogen-bond donors (Lipinski definition) is 0. The number of likely N-dealkylation sites (tertiary alicyclic amines) is 1. The van der Waals surface area contributed by atoms with Gasteiger partial charge in [-0.2, -0.15) is 5.26 Å². The van der Waals surface area contributed by atoms with Gasteiger partial charge in [0.15, 0.2) is 5.60 Å². The van der Waals surface area contributed by atoms with E-state index in [1.54, 1.807) is 4.90 Å². The maximum atomic E-state index is 11.6. The van der Waals surface area contributed by atoms with Crippen LogP contribution in [0.5, 0.6) is 0 Å². The molecule has 0 N–H and O–H groups in total. The molecule has 0 radical (unpaired) electrons. The van der Waals surface area contributed by atoms with Crippen LogP contribution < -0.4 is 0 Å². The molecule has 1 amide bonds. The standard InChI is InChI=1S/C11H18N2O3/c1-9(2)16-10(14)13-6-4-11(8-12,15-3)5-7-13/h9H,4-7H2,1-3H3. The largest absolute Gasteiger partial charge is 0.447 e. The second-order valence-corrected chi connectivity index (χ2v) is 4.23. The van der Waals surface area contributed by atoms with E-state index < -0.39 is 5.60 Å². The summed E-state index contributed by atoms with van der Waals surface area (Å²) in [6.45, 7) is 4.65. The van der Waals surface area contributed by atoms with E-state index in [1.165, 1.54) is 7.11 Å². The van der Waals surface area contributed by atoms with Crippen LogP contribution >= 0.6 is 0 Å². The first-order valence-corrected chi connectivity index (χ1v) is 5.45. The molecule has 0 spiro atoms.